The van der Waals surface area contributed by atoms with E-state index in [1.807, 2.05) is 0 Å². The molecule has 0 bridgehead atoms. The van der Waals surface area contributed by atoms with Gasteiger partial charge in [-0.15, -0.1) is 0 Å². The maximum atomic E-state index is 6.18. The fraction of sp³-hybridized carbons (Fsp3) is 0.647. The first-order chi connectivity index (χ1) is 8.56. The largest absolute Gasteiger partial charge is 0.328 e. The summed E-state index contributed by atoms with van der Waals surface area (Å²) in [6.07, 6.45) is 7.72. The Bertz CT molecular complexity index is 385. The van der Waals surface area contributed by atoms with Gasteiger partial charge in [-0.05, 0) is 62.6 Å². The molecule has 2 atom stereocenters. The molecule has 18 heavy (non-hydrogen) atoms. The van der Waals surface area contributed by atoms with Crippen molar-refractivity contribution in [1.82, 2.24) is 0 Å². The first-order valence-electron chi connectivity index (χ1n) is 7.38. The molecule has 0 saturated heterocycles. The first-order valence-corrected chi connectivity index (χ1v) is 7.38. The lowest BCUT2D eigenvalue weighted by Crippen LogP contribution is -2.22. The summed E-state index contributed by atoms with van der Waals surface area (Å²) in [5.74, 6) is 0.794. The highest BCUT2D eigenvalue weighted by Crippen LogP contribution is 2.28. The predicted molar refractivity (Wildman–Crippen MR) is 78.9 cm³/mol. The second-order valence-corrected chi connectivity index (χ2v) is 6.23. The molecule has 2 rings (SSSR count). The van der Waals surface area contributed by atoms with Crippen LogP contribution < -0.4 is 5.73 Å². The molecule has 1 aromatic carbocycles. The van der Waals surface area contributed by atoms with Crippen molar-refractivity contribution in [3.05, 3.63) is 34.4 Å². The van der Waals surface area contributed by atoms with Crippen LogP contribution in [-0.4, -0.2) is 6.04 Å². The van der Waals surface area contributed by atoms with E-state index in [9.17, 15) is 0 Å². The van der Waals surface area contributed by atoms with Gasteiger partial charge in [0.1, 0.15) is 0 Å². The quantitative estimate of drug-likeness (QED) is 0.781. The number of benzene rings is 1. The Labute approximate surface area is 112 Å². The van der Waals surface area contributed by atoms with Crippen LogP contribution in [-0.2, 0) is 6.42 Å². The van der Waals surface area contributed by atoms with Crippen LogP contribution in [0.2, 0.25) is 0 Å². The zero-order valence-corrected chi connectivity index (χ0v) is 12.1. The molecule has 1 aliphatic carbocycles. The molecule has 1 aliphatic rings. The van der Waals surface area contributed by atoms with Crippen LogP contribution in [0.15, 0.2) is 12.1 Å². The molecule has 100 valence electrons. The minimum Gasteiger partial charge on any atom is -0.328 e. The maximum Gasteiger partial charge on any atom is 0.00415 e. The number of aryl methyl sites for hydroxylation is 3. The molecule has 0 aliphatic heterocycles. The lowest BCUT2D eigenvalue weighted by molar-refractivity contribution is 0.429. The van der Waals surface area contributed by atoms with Gasteiger partial charge < -0.3 is 5.73 Å². The van der Waals surface area contributed by atoms with Gasteiger partial charge in [-0.3, -0.25) is 0 Å². The Morgan fingerprint density at radius 2 is 1.67 bits per heavy atom. The third kappa shape index (κ3) is 3.35. The van der Waals surface area contributed by atoms with E-state index in [0.29, 0.717) is 6.04 Å². The van der Waals surface area contributed by atoms with Crippen molar-refractivity contribution < 1.29 is 0 Å². The van der Waals surface area contributed by atoms with Gasteiger partial charge in [0.15, 0.2) is 0 Å². The van der Waals surface area contributed by atoms with Crippen molar-refractivity contribution in [2.75, 3.05) is 0 Å². The first kappa shape index (κ1) is 13.6. The van der Waals surface area contributed by atoms with E-state index in [-0.39, 0.29) is 0 Å². The number of nitrogens with two attached hydrogens (primary N) is 1. The minimum atomic E-state index is 0.434. The molecular weight excluding hydrogens is 218 g/mol. The Morgan fingerprint density at radius 1 is 1.06 bits per heavy atom. The number of rotatable bonds is 2. The fourth-order valence-corrected chi connectivity index (χ4v) is 3.51. The maximum absolute atomic E-state index is 6.18. The SMILES string of the molecule is Cc1cc(C)c(CC2CCCCC(N)C2)c(C)c1. The average molecular weight is 245 g/mol. The highest BCUT2D eigenvalue weighted by atomic mass is 14.6. The van der Waals surface area contributed by atoms with Crippen LogP contribution in [0.3, 0.4) is 0 Å². The van der Waals surface area contributed by atoms with E-state index >= 15 is 0 Å². The highest BCUT2D eigenvalue weighted by Gasteiger charge is 2.19. The monoisotopic (exact) mass is 245 g/mol. The molecule has 0 amide bonds. The molecular formula is C17H27N. The molecule has 2 unspecified atom stereocenters. The standard InChI is InChI=1S/C17H27N/c1-12-8-13(2)17(14(3)9-12)11-15-6-4-5-7-16(18)10-15/h8-9,15-16H,4-7,10-11,18H2,1-3H3. The topological polar surface area (TPSA) is 26.0 Å². The van der Waals surface area contributed by atoms with Gasteiger partial charge in [-0.25, -0.2) is 0 Å². The summed E-state index contributed by atoms with van der Waals surface area (Å²) in [7, 11) is 0. The lowest BCUT2D eigenvalue weighted by atomic mass is 9.87. The Kier molecular flexibility index (Phi) is 4.45. The smallest absolute Gasteiger partial charge is 0.00415 e. The zero-order valence-electron chi connectivity index (χ0n) is 12.1. The van der Waals surface area contributed by atoms with Crippen molar-refractivity contribution in [3.8, 4) is 0 Å². The molecule has 1 saturated carbocycles. The van der Waals surface area contributed by atoms with Gasteiger partial charge in [0.05, 0.1) is 0 Å². The van der Waals surface area contributed by atoms with Gasteiger partial charge >= 0.3 is 0 Å². The zero-order chi connectivity index (χ0) is 13.1. The molecule has 1 aromatic rings. The van der Waals surface area contributed by atoms with E-state index in [4.69, 9.17) is 5.73 Å². The van der Waals surface area contributed by atoms with E-state index in [0.717, 1.165) is 5.92 Å². The molecule has 0 spiro atoms. The van der Waals surface area contributed by atoms with Crippen LogP contribution >= 0.6 is 0 Å². The summed E-state index contributed by atoms with van der Waals surface area (Å²) in [6, 6.07) is 5.07. The van der Waals surface area contributed by atoms with Crippen LogP contribution in [0.4, 0.5) is 0 Å². The van der Waals surface area contributed by atoms with Gasteiger partial charge in [-0.2, -0.15) is 0 Å². The Morgan fingerprint density at radius 3 is 2.33 bits per heavy atom. The molecule has 1 nitrogen and oxygen atoms in total. The van der Waals surface area contributed by atoms with Gasteiger partial charge in [0, 0.05) is 6.04 Å². The van der Waals surface area contributed by atoms with E-state index in [2.05, 4.69) is 32.9 Å². The van der Waals surface area contributed by atoms with Crippen molar-refractivity contribution >= 4 is 0 Å². The van der Waals surface area contributed by atoms with Gasteiger partial charge in [0.25, 0.3) is 0 Å². The van der Waals surface area contributed by atoms with Crippen molar-refractivity contribution in [3.63, 3.8) is 0 Å². The average Bonchev–Trinajstić information content (AvgIpc) is 2.48. The van der Waals surface area contributed by atoms with Gasteiger partial charge in [0.2, 0.25) is 0 Å². The number of hydrogen-bond donors (Lipinski definition) is 1. The summed E-state index contributed by atoms with van der Waals surface area (Å²) in [4.78, 5) is 0. The van der Waals surface area contributed by atoms with Crippen LogP contribution in [0.5, 0.6) is 0 Å². The summed E-state index contributed by atoms with van der Waals surface area (Å²) in [5.41, 5.74) is 12.1. The molecule has 2 N–H and O–H groups in total. The Balaban J connectivity index is 2.13. The van der Waals surface area contributed by atoms with E-state index in [1.165, 1.54) is 55.2 Å². The second-order valence-electron chi connectivity index (χ2n) is 6.23. The third-order valence-corrected chi connectivity index (χ3v) is 4.41. The molecule has 0 radical (unpaired) electrons. The van der Waals surface area contributed by atoms with E-state index in [1.54, 1.807) is 5.56 Å². The third-order valence-electron chi connectivity index (χ3n) is 4.41. The second kappa shape index (κ2) is 5.88. The fourth-order valence-electron chi connectivity index (χ4n) is 3.51. The Hall–Kier alpha value is -0.820. The van der Waals surface area contributed by atoms with E-state index < -0.39 is 0 Å². The molecule has 1 heteroatoms. The summed E-state index contributed by atoms with van der Waals surface area (Å²) in [6.45, 7) is 6.70. The van der Waals surface area contributed by atoms with Crippen molar-refractivity contribution in [1.29, 1.82) is 0 Å². The predicted octanol–water partition coefficient (Wildman–Crippen LogP) is 4.06. The molecule has 1 fully saturated rings. The highest BCUT2D eigenvalue weighted by molar-refractivity contribution is 5.37. The van der Waals surface area contributed by atoms with Crippen LogP contribution in [0, 0.1) is 26.7 Å². The van der Waals surface area contributed by atoms with Crippen LogP contribution in [0.25, 0.3) is 0 Å². The van der Waals surface area contributed by atoms with Gasteiger partial charge in [-0.1, -0.05) is 37.0 Å². The molecule has 0 heterocycles. The summed E-state index contributed by atoms with van der Waals surface area (Å²) >= 11 is 0. The minimum absolute atomic E-state index is 0.434. The number of hydrogen-bond acceptors (Lipinski definition) is 1. The summed E-state index contributed by atoms with van der Waals surface area (Å²) < 4.78 is 0. The van der Waals surface area contributed by atoms with Crippen molar-refractivity contribution in [2.24, 2.45) is 11.7 Å². The van der Waals surface area contributed by atoms with Crippen molar-refractivity contribution in [2.45, 2.75) is 65.3 Å². The summed E-state index contributed by atoms with van der Waals surface area (Å²) in [5, 5.41) is 0. The normalized spacial score (nSPS) is 24.9. The van der Waals surface area contributed by atoms with Crippen LogP contribution in [0.1, 0.15) is 54.4 Å². The molecule has 0 aromatic heterocycles. The lowest BCUT2D eigenvalue weighted by Gasteiger charge is -2.20.